The van der Waals surface area contributed by atoms with Crippen LogP contribution in [0.2, 0.25) is 0 Å². The van der Waals surface area contributed by atoms with Gasteiger partial charge in [-0.15, -0.1) is 11.3 Å². The average Bonchev–Trinajstić information content (AvgIpc) is 3.36. The molecule has 0 spiro atoms. The van der Waals surface area contributed by atoms with Crippen LogP contribution in [0, 0.1) is 6.92 Å². The third-order valence-electron chi connectivity index (χ3n) is 6.12. The third kappa shape index (κ3) is 6.81. The fourth-order valence-corrected chi connectivity index (χ4v) is 4.90. The number of aryl methyl sites for hydroxylation is 1. The van der Waals surface area contributed by atoms with Gasteiger partial charge < -0.3 is 19.1 Å². The van der Waals surface area contributed by atoms with Gasteiger partial charge in [-0.2, -0.15) is 0 Å². The van der Waals surface area contributed by atoms with Gasteiger partial charge in [-0.25, -0.2) is 4.98 Å². The summed E-state index contributed by atoms with van der Waals surface area (Å²) >= 11 is 1.55. The summed E-state index contributed by atoms with van der Waals surface area (Å²) in [5, 5.41) is 2.83. The molecular formula is C27H33N3O4S. The molecule has 35 heavy (non-hydrogen) atoms. The number of benzene rings is 2. The van der Waals surface area contributed by atoms with Crippen LogP contribution in [0.15, 0.2) is 47.8 Å². The average molecular weight is 496 g/mol. The van der Waals surface area contributed by atoms with Crippen LogP contribution in [-0.2, 0) is 24.2 Å². The van der Waals surface area contributed by atoms with E-state index in [2.05, 4.69) is 42.2 Å². The van der Waals surface area contributed by atoms with Gasteiger partial charge in [0.05, 0.1) is 34.0 Å². The molecule has 1 amide bonds. The summed E-state index contributed by atoms with van der Waals surface area (Å²) in [7, 11) is 3.30. The van der Waals surface area contributed by atoms with Gasteiger partial charge in [0.2, 0.25) is 0 Å². The van der Waals surface area contributed by atoms with Crippen molar-refractivity contribution in [2.45, 2.75) is 26.4 Å². The summed E-state index contributed by atoms with van der Waals surface area (Å²) in [6.45, 7) is 6.85. The number of aromatic nitrogens is 1. The molecule has 0 saturated carbocycles. The normalized spacial score (nSPS) is 13.8. The number of rotatable bonds is 10. The highest BCUT2D eigenvalue weighted by Gasteiger charge is 2.21. The summed E-state index contributed by atoms with van der Waals surface area (Å²) in [6, 6.07) is 14.7. The molecule has 186 valence electrons. The van der Waals surface area contributed by atoms with E-state index in [0.29, 0.717) is 38.5 Å². The predicted octanol–water partition coefficient (Wildman–Crippen LogP) is 4.19. The number of thiazole rings is 1. The summed E-state index contributed by atoms with van der Waals surface area (Å²) in [5.74, 6) is 1.46. The topological polar surface area (TPSA) is 64.1 Å². The van der Waals surface area contributed by atoms with Crippen molar-refractivity contribution in [2.75, 3.05) is 47.1 Å². The van der Waals surface area contributed by atoms with Crippen LogP contribution in [0.5, 0.6) is 11.5 Å². The van der Waals surface area contributed by atoms with Crippen molar-refractivity contribution in [1.82, 2.24) is 14.8 Å². The Hall–Kier alpha value is -2.94. The molecule has 4 rings (SSSR count). The molecule has 2 heterocycles. The van der Waals surface area contributed by atoms with Crippen molar-refractivity contribution in [3.05, 3.63) is 75.2 Å². The molecule has 1 aromatic heterocycles. The number of ether oxygens (including phenoxy) is 3. The molecule has 1 aliphatic rings. The van der Waals surface area contributed by atoms with E-state index >= 15 is 0 Å². The first-order chi connectivity index (χ1) is 17.1. The van der Waals surface area contributed by atoms with Crippen LogP contribution >= 0.6 is 11.3 Å². The molecule has 0 bridgehead atoms. The molecule has 0 atom stereocenters. The van der Waals surface area contributed by atoms with Crippen molar-refractivity contribution < 1.29 is 19.0 Å². The molecule has 0 unspecified atom stereocenters. The van der Waals surface area contributed by atoms with Gasteiger partial charge in [-0.05, 0) is 36.6 Å². The molecule has 0 radical (unpaired) electrons. The Labute approximate surface area is 211 Å². The van der Waals surface area contributed by atoms with Crippen LogP contribution in [-0.4, -0.2) is 67.8 Å². The maximum absolute atomic E-state index is 12.8. The van der Waals surface area contributed by atoms with Gasteiger partial charge in [-0.1, -0.05) is 35.9 Å². The molecule has 1 fully saturated rings. The molecular weight excluding hydrogens is 462 g/mol. The Balaban J connectivity index is 1.46. The van der Waals surface area contributed by atoms with Gasteiger partial charge in [0.25, 0.3) is 5.91 Å². The van der Waals surface area contributed by atoms with Crippen LogP contribution < -0.4 is 9.47 Å². The molecule has 3 aromatic rings. The standard InChI is InChI=1S/C27H33N3O4S/c1-20-4-6-22(7-5-20)17-29(11-10-21-8-9-24(32-2)25(16-21)33-3)18-26-28-23(19-35-26)27(31)30-12-14-34-15-13-30/h4-9,16,19H,10-15,17-18H2,1-3H3. The summed E-state index contributed by atoms with van der Waals surface area (Å²) < 4.78 is 16.2. The lowest BCUT2D eigenvalue weighted by atomic mass is 10.1. The zero-order chi connectivity index (χ0) is 24.6. The Morgan fingerprint density at radius 2 is 1.74 bits per heavy atom. The first-order valence-corrected chi connectivity index (χ1v) is 12.7. The fraction of sp³-hybridized carbons (Fsp3) is 0.407. The van der Waals surface area contributed by atoms with Gasteiger partial charge >= 0.3 is 0 Å². The second-order valence-electron chi connectivity index (χ2n) is 8.67. The lowest BCUT2D eigenvalue weighted by molar-refractivity contribution is 0.0299. The minimum atomic E-state index is -0.00814. The van der Waals surface area contributed by atoms with E-state index in [-0.39, 0.29) is 5.91 Å². The van der Waals surface area contributed by atoms with E-state index in [9.17, 15) is 4.79 Å². The largest absolute Gasteiger partial charge is 0.493 e. The number of carbonyl (C=O) groups is 1. The summed E-state index contributed by atoms with van der Waals surface area (Å²) in [4.78, 5) is 21.7. The van der Waals surface area contributed by atoms with E-state index in [0.717, 1.165) is 36.0 Å². The number of carbonyl (C=O) groups excluding carboxylic acids is 1. The zero-order valence-corrected chi connectivity index (χ0v) is 21.5. The molecule has 1 aliphatic heterocycles. The molecule has 2 aromatic carbocycles. The quantitative estimate of drug-likeness (QED) is 0.420. The Morgan fingerprint density at radius 3 is 2.46 bits per heavy atom. The highest BCUT2D eigenvalue weighted by Crippen LogP contribution is 2.28. The van der Waals surface area contributed by atoms with E-state index in [1.807, 2.05) is 22.4 Å². The van der Waals surface area contributed by atoms with E-state index < -0.39 is 0 Å². The van der Waals surface area contributed by atoms with Crippen molar-refractivity contribution in [1.29, 1.82) is 0 Å². The van der Waals surface area contributed by atoms with Gasteiger partial charge in [-0.3, -0.25) is 9.69 Å². The van der Waals surface area contributed by atoms with Gasteiger partial charge in [0, 0.05) is 31.6 Å². The second-order valence-corrected chi connectivity index (χ2v) is 9.61. The van der Waals surface area contributed by atoms with E-state index in [4.69, 9.17) is 19.2 Å². The number of nitrogens with zero attached hydrogens (tertiary/aromatic N) is 3. The highest BCUT2D eigenvalue weighted by atomic mass is 32.1. The van der Waals surface area contributed by atoms with Crippen molar-refractivity contribution in [3.63, 3.8) is 0 Å². The number of hydrogen-bond acceptors (Lipinski definition) is 7. The first-order valence-electron chi connectivity index (χ1n) is 11.9. The molecule has 0 N–H and O–H groups in total. The first kappa shape index (κ1) is 25.2. The minimum absolute atomic E-state index is 0.00814. The third-order valence-corrected chi connectivity index (χ3v) is 6.95. The summed E-state index contributed by atoms with van der Waals surface area (Å²) in [6.07, 6.45) is 0.858. The van der Waals surface area contributed by atoms with E-state index in [1.165, 1.54) is 16.7 Å². The number of amides is 1. The van der Waals surface area contributed by atoms with Crippen molar-refractivity contribution in [2.24, 2.45) is 0 Å². The van der Waals surface area contributed by atoms with Crippen LogP contribution in [0.25, 0.3) is 0 Å². The minimum Gasteiger partial charge on any atom is -0.493 e. The Kier molecular flexibility index (Phi) is 8.74. The van der Waals surface area contributed by atoms with Crippen LogP contribution in [0.4, 0.5) is 0 Å². The smallest absolute Gasteiger partial charge is 0.273 e. The maximum Gasteiger partial charge on any atom is 0.273 e. The van der Waals surface area contributed by atoms with Gasteiger partial charge in [0.15, 0.2) is 11.5 Å². The number of hydrogen-bond donors (Lipinski definition) is 0. The monoisotopic (exact) mass is 495 g/mol. The molecule has 0 aliphatic carbocycles. The number of morpholine rings is 1. The Bertz CT molecular complexity index is 1110. The van der Waals surface area contributed by atoms with Crippen LogP contribution in [0.1, 0.15) is 32.2 Å². The summed E-state index contributed by atoms with van der Waals surface area (Å²) in [5.41, 5.74) is 4.21. The van der Waals surface area contributed by atoms with Crippen molar-refractivity contribution >= 4 is 17.2 Å². The lowest BCUT2D eigenvalue weighted by Gasteiger charge is -2.26. The maximum atomic E-state index is 12.8. The second kappa shape index (κ2) is 12.2. The van der Waals surface area contributed by atoms with Crippen LogP contribution in [0.3, 0.4) is 0 Å². The highest BCUT2D eigenvalue weighted by molar-refractivity contribution is 7.09. The molecule has 8 heteroatoms. The molecule has 7 nitrogen and oxygen atoms in total. The fourth-order valence-electron chi connectivity index (χ4n) is 4.09. The SMILES string of the molecule is COc1ccc(CCN(Cc2ccc(C)cc2)Cc2nc(C(=O)N3CCOCC3)cs2)cc1OC. The van der Waals surface area contributed by atoms with E-state index in [1.54, 1.807) is 25.6 Å². The van der Waals surface area contributed by atoms with Gasteiger partial charge in [0.1, 0.15) is 10.7 Å². The molecule has 1 saturated heterocycles. The zero-order valence-electron chi connectivity index (χ0n) is 20.7. The number of methoxy groups -OCH3 is 2. The Morgan fingerprint density at radius 1 is 1.03 bits per heavy atom. The predicted molar refractivity (Wildman–Crippen MR) is 137 cm³/mol. The van der Waals surface area contributed by atoms with Crippen molar-refractivity contribution in [3.8, 4) is 11.5 Å². The lowest BCUT2D eigenvalue weighted by Crippen LogP contribution is -2.40.